The maximum atomic E-state index is 5.48. The first kappa shape index (κ1) is 14.2. The first-order chi connectivity index (χ1) is 10.3. The van der Waals surface area contributed by atoms with Crippen LogP contribution in [-0.2, 0) is 0 Å². The molecule has 0 bridgehead atoms. The van der Waals surface area contributed by atoms with Crippen molar-refractivity contribution in [2.75, 3.05) is 20.1 Å². The van der Waals surface area contributed by atoms with Crippen LogP contribution in [0.15, 0.2) is 34.9 Å². The first-order valence-electron chi connectivity index (χ1n) is 7.58. The minimum Gasteiger partial charge on any atom is -0.337 e. The van der Waals surface area contributed by atoms with Crippen LogP contribution in [0, 0.1) is 0 Å². The van der Waals surface area contributed by atoms with Crippen molar-refractivity contribution in [3.8, 4) is 11.4 Å². The summed E-state index contributed by atoms with van der Waals surface area (Å²) in [6.07, 6.45) is 2.44. The molecule has 1 aromatic heterocycles. The number of nitrogens with zero attached hydrogens (tertiary/aromatic N) is 3. The first-order valence-corrected chi connectivity index (χ1v) is 7.58. The van der Waals surface area contributed by atoms with Gasteiger partial charge in [-0.2, -0.15) is 4.98 Å². The van der Waals surface area contributed by atoms with Gasteiger partial charge in [0.25, 0.3) is 0 Å². The fourth-order valence-corrected chi connectivity index (χ4v) is 2.86. The Morgan fingerprint density at radius 2 is 2.14 bits per heavy atom. The number of likely N-dealkylation sites (N-methyl/N-ethyl adjacent to an activating group) is 1. The SMILES string of the molecule is CNC1CCCN(C(C)c2nc(-c3ccccc3)no2)C1. The van der Waals surface area contributed by atoms with Crippen molar-refractivity contribution in [2.24, 2.45) is 0 Å². The highest BCUT2D eigenvalue weighted by Gasteiger charge is 2.26. The molecule has 2 atom stereocenters. The minimum atomic E-state index is 0.158. The standard InChI is InChI=1S/C16H22N4O/c1-12(20-10-6-9-14(11-20)17-2)16-18-15(19-21-16)13-7-4-3-5-8-13/h3-5,7-8,12,14,17H,6,9-11H2,1-2H3. The topological polar surface area (TPSA) is 54.2 Å². The summed E-state index contributed by atoms with van der Waals surface area (Å²) in [4.78, 5) is 6.98. The molecule has 1 saturated heterocycles. The molecular weight excluding hydrogens is 264 g/mol. The second kappa shape index (κ2) is 6.37. The van der Waals surface area contributed by atoms with Crippen molar-refractivity contribution < 1.29 is 4.52 Å². The zero-order valence-corrected chi connectivity index (χ0v) is 12.6. The monoisotopic (exact) mass is 286 g/mol. The Kier molecular flexibility index (Phi) is 4.31. The molecule has 0 amide bonds. The zero-order chi connectivity index (χ0) is 14.7. The van der Waals surface area contributed by atoms with E-state index in [4.69, 9.17) is 4.52 Å². The summed E-state index contributed by atoms with van der Waals surface area (Å²) >= 11 is 0. The molecule has 2 unspecified atom stereocenters. The molecule has 1 aliphatic rings. The van der Waals surface area contributed by atoms with Gasteiger partial charge in [0.1, 0.15) is 0 Å². The lowest BCUT2D eigenvalue weighted by molar-refractivity contribution is 0.126. The van der Waals surface area contributed by atoms with Gasteiger partial charge in [-0.25, -0.2) is 0 Å². The number of hydrogen-bond acceptors (Lipinski definition) is 5. The molecule has 2 heterocycles. The fraction of sp³-hybridized carbons (Fsp3) is 0.500. The predicted molar refractivity (Wildman–Crippen MR) is 81.8 cm³/mol. The molecule has 5 nitrogen and oxygen atoms in total. The average molecular weight is 286 g/mol. The summed E-state index contributed by atoms with van der Waals surface area (Å²) < 4.78 is 5.48. The molecule has 5 heteroatoms. The molecule has 1 aliphatic heterocycles. The summed E-state index contributed by atoms with van der Waals surface area (Å²) in [5.41, 5.74) is 0.992. The van der Waals surface area contributed by atoms with E-state index in [1.165, 1.54) is 12.8 Å². The summed E-state index contributed by atoms with van der Waals surface area (Å²) in [6, 6.07) is 10.7. The second-order valence-corrected chi connectivity index (χ2v) is 5.62. The van der Waals surface area contributed by atoms with Gasteiger partial charge in [0.05, 0.1) is 6.04 Å². The van der Waals surface area contributed by atoms with Crippen LogP contribution in [0.5, 0.6) is 0 Å². The molecule has 1 aromatic carbocycles. The highest BCUT2D eigenvalue weighted by Crippen LogP contribution is 2.25. The van der Waals surface area contributed by atoms with Crippen LogP contribution in [0.1, 0.15) is 31.7 Å². The third-order valence-electron chi connectivity index (χ3n) is 4.24. The van der Waals surface area contributed by atoms with E-state index in [1.54, 1.807) is 0 Å². The second-order valence-electron chi connectivity index (χ2n) is 5.62. The lowest BCUT2D eigenvalue weighted by atomic mass is 10.0. The third kappa shape index (κ3) is 3.14. The molecule has 21 heavy (non-hydrogen) atoms. The van der Waals surface area contributed by atoms with Crippen molar-refractivity contribution in [3.63, 3.8) is 0 Å². The van der Waals surface area contributed by atoms with E-state index in [-0.39, 0.29) is 6.04 Å². The summed E-state index contributed by atoms with van der Waals surface area (Å²) in [5, 5.41) is 7.48. The van der Waals surface area contributed by atoms with Gasteiger partial charge in [-0.1, -0.05) is 35.5 Å². The highest BCUT2D eigenvalue weighted by molar-refractivity contribution is 5.53. The normalized spacial score (nSPS) is 21.3. The summed E-state index contributed by atoms with van der Waals surface area (Å²) in [6.45, 7) is 4.25. The summed E-state index contributed by atoms with van der Waals surface area (Å²) in [5.74, 6) is 1.37. The third-order valence-corrected chi connectivity index (χ3v) is 4.24. The maximum absolute atomic E-state index is 5.48. The number of aromatic nitrogens is 2. The Balaban J connectivity index is 1.73. The van der Waals surface area contributed by atoms with Crippen molar-refractivity contribution in [1.29, 1.82) is 0 Å². The quantitative estimate of drug-likeness (QED) is 0.936. The lowest BCUT2D eigenvalue weighted by Crippen LogP contribution is -2.45. The van der Waals surface area contributed by atoms with Crippen LogP contribution in [0.4, 0.5) is 0 Å². The van der Waals surface area contributed by atoms with E-state index in [0.29, 0.717) is 17.8 Å². The number of nitrogens with one attached hydrogen (secondary N) is 1. The van der Waals surface area contributed by atoms with Crippen LogP contribution in [0.3, 0.4) is 0 Å². The lowest BCUT2D eigenvalue weighted by Gasteiger charge is -2.35. The van der Waals surface area contributed by atoms with Gasteiger partial charge in [-0.05, 0) is 33.4 Å². The Morgan fingerprint density at radius 3 is 2.90 bits per heavy atom. The largest absolute Gasteiger partial charge is 0.337 e. The zero-order valence-electron chi connectivity index (χ0n) is 12.6. The Hall–Kier alpha value is -1.72. The number of rotatable bonds is 4. The predicted octanol–water partition coefficient (Wildman–Crippen LogP) is 2.48. The van der Waals surface area contributed by atoms with Crippen molar-refractivity contribution in [3.05, 3.63) is 36.2 Å². The van der Waals surface area contributed by atoms with E-state index in [1.807, 2.05) is 37.4 Å². The molecule has 0 spiro atoms. The molecule has 1 N–H and O–H groups in total. The van der Waals surface area contributed by atoms with Crippen molar-refractivity contribution in [2.45, 2.75) is 31.8 Å². The smallest absolute Gasteiger partial charge is 0.244 e. The van der Waals surface area contributed by atoms with Gasteiger partial charge >= 0.3 is 0 Å². The van der Waals surface area contributed by atoms with E-state index >= 15 is 0 Å². The van der Waals surface area contributed by atoms with Crippen molar-refractivity contribution >= 4 is 0 Å². The van der Waals surface area contributed by atoms with Gasteiger partial charge in [-0.15, -0.1) is 0 Å². The Morgan fingerprint density at radius 1 is 1.33 bits per heavy atom. The van der Waals surface area contributed by atoms with E-state index in [9.17, 15) is 0 Å². The van der Waals surface area contributed by atoms with Crippen LogP contribution < -0.4 is 5.32 Å². The molecule has 0 radical (unpaired) electrons. The fourth-order valence-electron chi connectivity index (χ4n) is 2.86. The maximum Gasteiger partial charge on any atom is 0.244 e. The van der Waals surface area contributed by atoms with Gasteiger partial charge in [-0.3, -0.25) is 4.90 Å². The summed E-state index contributed by atoms with van der Waals surface area (Å²) in [7, 11) is 2.03. The van der Waals surface area contributed by atoms with Crippen molar-refractivity contribution in [1.82, 2.24) is 20.4 Å². The molecule has 2 aromatic rings. The van der Waals surface area contributed by atoms with Crippen LogP contribution in [0.25, 0.3) is 11.4 Å². The molecule has 0 saturated carbocycles. The molecule has 112 valence electrons. The average Bonchev–Trinajstić information content (AvgIpc) is 3.05. The molecule has 0 aliphatic carbocycles. The van der Waals surface area contributed by atoms with Gasteiger partial charge < -0.3 is 9.84 Å². The number of piperidine rings is 1. The van der Waals surface area contributed by atoms with E-state index < -0.39 is 0 Å². The molecule has 1 fully saturated rings. The Labute approximate surface area is 125 Å². The van der Waals surface area contributed by atoms with Crippen LogP contribution in [0.2, 0.25) is 0 Å². The van der Waals surface area contributed by atoms with Crippen LogP contribution >= 0.6 is 0 Å². The van der Waals surface area contributed by atoms with Gasteiger partial charge in [0.2, 0.25) is 11.7 Å². The number of benzene rings is 1. The number of likely N-dealkylation sites (tertiary alicyclic amines) is 1. The Bertz CT molecular complexity index is 569. The van der Waals surface area contributed by atoms with E-state index in [2.05, 4.69) is 27.3 Å². The molecular formula is C16H22N4O. The van der Waals surface area contributed by atoms with Crippen LogP contribution in [-0.4, -0.2) is 41.2 Å². The minimum absolute atomic E-state index is 0.158. The van der Waals surface area contributed by atoms with Gasteiger partial charge in [0.15, 0.2) is 0 Å². The molecule has 3 rings (SSSR count). The van der Waals surface area contributed by atoms with E-state index in [0.717, 1.165) is 18.7 Å². The highest BCUT2D eigenvalue weighted by atomic mass is 16.5. The number of hydrogen-bond donors (Lipinski definition) is 1. The van der Waals surface area contributed by atoms with Gasteiger partial charge in [0, 0.05) is 18.2 Å².